The molecule has 154 valence electrons. The Morgan fingerprint density at radius 2 is 1.70 bits per heavy atom. The molecule has 0 bridgehead atoms. The molecule has 0 aromatic heterocycles. The van der Waals surface area contributed by atoms with E-state index in [1.54, 1.807) is 36.2 Å². The van der Waals surface area contributed by atoms with E-state index in [0.29, 0.717) is 23.5 Å². The van der Waals surface area contributed by atoms with E-state index in [9.17, 15) is 9.59 Å². The van der Waals surface area contributed by atoms with Crippen LogP contribution in [0.4, 0.5) is 5.69 Å². The third-order valence-electron chi connectivity index (χ3n) is 4.69. The summed E-state index contributed by atoms with van der Waals surface area (Å²) in [7, 11) is 1.76. The lowest BCUT2D eigenvalue weighted by atomic mass is 10.1. The molecule has 2 amide bonds. The summed E-state index contributed by atoms with van der Waals surface area (Å²) in [5, 5.41) is 2.79. The van der Waals surface area contributed by atoms with Gasteiger partial charge in [-0.1, -0.05) is 54.1 Å². The second kappa shape index (κ2) is 9.74. The molecule has 0 aliphatic heterocycles. The molecule has 3 aromatic rings. The molecular weight excluding hydrogens is 376 g/mol. The Bertz CT molecular complexity index is 1030. The van der Waals surface area contributed by atoms with Crippen LogP contribution in [-0.4, -0.2) is 30.4 Å². The van der Waals surface area contributed by atoms with Crippen LogP contribution in [-0.2, 0) is 11.3 Å². The fourth-order valence-electron chi connectivity index (χ4n) is 3.18. The molecule has 30 heavy (non-hydrogen) atoms. The molecule has 0 atom stereocenters. The van der Waals surface area contributed by atoms with Gasteiger partial charge in [-0.25, -0.2) is 0 Å². The minimum absolute atomic E-state index is 0.101. The van der Waals surface area contributed by atoms with Gasteiger partial charge in [-0.05, 0) is 49.2 Å². The lowest BCUT2D eigenvalue weighted by molar-refractivity contribution is -0.118. The third-order valence-corrected chi connectivity index (χ3v) is 4.69. The van der Waals surface area contributed by atoms with E-state index >= 15 is 0 Å². The summed E-state index contributed by atoms with van der Waals surface area (Å²) < 4.78 is 5.62. The maximum absolute atomic E-state index is 12.8. The largest absolute Gasteiger partial charge is 0.483 e. The number of hydrogen-bond donors (Lipinski definition) is 1. The zero-order chi connectivity index (χ0) is 21.5. The van der Waals surface area contributed by atoms with Gasteiger partial charge in [0.2, 0.25) is 0 Å². The number of hydrogen-bond acceptors (Lipinski definition) is 3. The molecule has 0 unspecified atom stereocenters. The van der Waals surface area contributed by atoms with Gasteiger partial charge in [-0.3, -0.25) is 9.59 Å². The molecule has 3 aromatic carbocycles. The van der Waals surface area contributed by atoms with Crippen LogP contribution in [0, 0.1) is 13.8 Å². The summed E-state index contributed by atoms with van der Waals surface area (Å²) in [5.41, 5.74) is 4.26. The van der Waals surface area contributed by atoms with Crippen molar-refractivity contribution in [3.05, 3.63) is 95.1 Å². The van der Waals surface area contributed by atoms with Crippen molar-refractivity contribution in [1.29, 1.82) is 0 Å². The summed E-state index contributed by atoms with van der Waals surface area (Å²) in [6.07, 6.45) is 0. The van der Waals surface area contributed by atoms with E-state index in [1.165, 1.54) is 0 Å². The van der Waals surface area contributed by atoms with E-state index in [2.05, 4.69) is 5.32 Å². The van der Waals surface area contributed by atoms with Crippen molar-refractivity contribution in [2.75, 3.05) is 19.0 Å². The standard InChI is InChI=1S/C25H26N2O3/c1-18-12-13-23(19(2)14-18)30-17-24(28)26-22-11-7-10-21(15-22)25(29)27(3)16-20-8-5-4-6-9-20/h4-15H,16-17H2,1-3H3,(H,26,28). The highest BCUT2D eigenvalue weighted by Crippen LogP contribution is 2.19. The maximum atomic E-state index is 12.8. The van der Waals surface area contributed by atoms with Crippen LogP contribution in [0.5, 0.6) is 5.75 Å². The van der Waals surface area contributed by atoms with E-state index in [1.807, 2.05) is 62.4 Å². The fraction of sp³-hybridized carbons (Fsp3) is 0.200. The molecule has 3 rings (SSSR count). The first-order chi connectivity index (χ1) is 14.4. The molecule has 0 spiro atoms. The van der Waals surface area contributed by atoms with Crippen molar-refractivity contribution in [1.82, 2.24) is 4.90 Å². The van der Waals surface area contributed by atoms with Gasteiger partial charge in [-0.15, -0.1) is 0 Å². The van der Waals surface area contributed by atoms with Gasteiger partial charge in [-0.2, -0.15) is 0 Å². The van der Waals surface area contributed by atoms with Crippen LogP contribution >= 0.6 is 0 Å². The predicted molar refractivity (Wildman–Crippen MR) is 119 cm³/mol. The summed E-state index contributed by atoms with van der Waals surface area (Å²) in [4.78, 5) is 26.7. The van der Waals surface area contributed by atoms with Crippen molar-refractivity contribution >= 4 is 17.5 Å². The van der Waals surface area contributed by atoms with Crippen molar-refractivity contribution in [2.24, 2.45) is 0 Å². The van der Waals surface area contributed by atoms with Gasteiger partial charge >= 0.3 is 0 Å². The first-order valence-corrected chi connectivity index (χ1v) is 9.82. The fourth-order valence-corrected chi connectivity index (χ4v) is 3.18. The molecule has 5 heteroatoms. The summed E-state index contributed by atoms with van der Waals surface area (Å²) in [6, 6.07) is 22.6. The maximum Gasteiger partial charge on any atom is 0.262 e. The average molecular weight is 402 g/mol. The molecule has 0 saturated heterocycles. The zero-order valence-electron chi connectivity index (χ0n) is 17.5. The number of aryl methyl sites for hydroxylation is 2. The summed E-state index contributed by atoms with van der Waals surface area (Å²) >= 11 is 0. The number of anilines is 1. The highest BCUT2D eigenvalue weighted by atomic mass is 16.5. The Hall–Kier alpha value is -3.60. The number of carbonyl (C=O) groups excluding carboxylic acids is 2. The van der Waals surface area contributed by atoms with Crippen molar-refractivity contribution < 1.29 is 14.3 Å². The topological polar surface area (TPSA) is 58.6 Å². The number of nitrogens with one attached hydrogen (secondary N) is 1. The minimum Gasteiger partial charge on any atom is -0.483 e. The Kier molecular flexibility index (Phi) is 6.86. The van der Waals surface area contributed by atoms with Gasteiger partial charge < -0.3 is 15.0 Å². The number of carbonyl (C=O) groups is 2. The smallest absolute Gasteiger partial charge is 0.262 e. The van der Waals surface area contributed by atoms with Crippen LogP contribution in [0.2, 0.25) is 0 Å². The Balaban J connectivity index is 1.59. The van der Waals surface area contributed by atoms with E-state index < -0.39 is 0 Å². The van der Waals surface area contributed by atoms with Crippen LogP contribution in [0.15, 0.2) is 72.8 Å². The quantitative estimate of drug-likeness (QED) is 0.629. The normalized spacial score (nSPS) is 10.4. The number of nitrogens with zero attached hydrogens (tertiary/aromatic N) is 1. The van der Waals surface area contributed by atoms with Crippen molar-refractivity contribution in [2.45, 2.75) is 20.4 Å². The monoisotopic (exact) mass is 402 g/mol. The van der Waals surface area contributed by atoms with Gasteiger partial charge in [0.1, 0.15) is 5.75 Å². The molecular formula is C25H26N2O3. The highest BCUT2D eigenvalue weighted by Gasteiger charge is 2.13. The van der Waals surface area contributed by atoms with E-state index in [-0.39, 0.29) is 18.4 Å². The third kappa shape index (κ3) is 5.70. The molecule has 1 N–H and O–H groups in total. The second-order valence-electron chi connectivity index (χ2n) is 7.33. The number of rotatable bonds is 7. The molecule has 0 aliphatic carbocycles. The van der Waals surface area contributed by atoms with Crippen LogP contribution in [0.25, 0.3) is 0 Å². The lowest BCUT2D eigenvalue weighted by Crippen LogP contribution is -2.26. The number of amides is 2. The van der Waals surface area contributed by atoms with Crippen molar-refractivity contribution in [3.8, 4) is 5.75 Å². The average Bonchev–Trinajstić information content (AvgIpc) is 2.73. The Morgan fingerprint density at radius 3 is 2.43 bits per heavy atom. The van der Waals surface area contributed by atoms with Crippen molar-refractivity contribution in [3.63, 3.8) is 0 Å². The molecule has 5 nitrogen and oxygen atoms in total. The number of ether oxygens (including phenoxy) is 1. The van der Waals surface area contributed by atoms with Gasteiger partial charge in [0.25, 0.3) is 11.8 Å². The Labute approximate surface area is 177 Å². The van der Waals surface area contributed by atoms with E-state index in [0.717, 1.165) is 16.7 Å². The molecule has 0 heterocycles. The SMILES string of the molecule is Cc1ccc(OCC(=O)Nc2cccc(C(=O)N(C)Cc3ccccc3)c2)c(C)c1. The van der Waals surface area contributed by atoms with Gasteiger partial charge in [0.15, 0.2) is 6.61 Å². The van der Waals surface area contributed by atoms with E-state index in [4.69, 9.17) is 4.74 Å². The Morgan fingerprint density at radius 1 is 0.933 bits per heavy atom. The minimum atomic E-state index is -0.280. The van der Waals surface area contributed by atoms with Gasteiger partial charge in [0, 0.05) is 24.8 Å². The first-order valence-electron chi connectivity index (χ1n) is 9.82. The van der Waals surface area contributed by atoms with Crippen LogP contribution in [0.3, 0.4) is 0 Å². The van der Waals surface area contributed by atoms with Gasteiger partial charge in [0.05, 0.1) is 0 Å². The lowest BCUT2D eigenvalue weighted by Gasteiger charge is -2.18. The predicted octanol–water partition coefficient (Wildman–Crippen LogP) is 4.59. The van der Waals surface area contributed by atoms with Crippen LogP contribution < -0.4 is 10.1 Å². The highest BCUT2D eigenvalue weighted by molar-refractivity contribution is 5.97. The molecule has 0 aliphatic rings. The molecule has 0 radical (unpaired) electrons. The van der Waals surface area contributed by atoms with Crippen LogP contribution in [0.1, 0.15) is 27.0 Å². The molecule has 0 saturated carbocycles. The summed E-state index contributed by atoms with van der Waals surface area (Å²) in [6.45, 7) is 4.37. The first kappa shape index (κ1) is 21.1. The zero-order valence-corrected chi connectivity index (χ0v) is 17.5. The second-order valence-corrected chi connectivity index (χ2v) is 7.33. The molecule has 0 fully saturated rings. The number of benzene rings is 3. The summed E-state index contributed by atoms with van der Waals surface area (Å²) in [5.74, 6) is 0.293.